The van der Waals surface area contributed by atoms with Crippen LogP contribution in [0.2, 0.25) is 5.02 Å². The molecule has 4 fully saturated rings. The summed E-state index contributed by atoms with van der Waals surface area (Å²) < 4.78 is 17.9. The van der Waals surface area contributed by atoms with Gasteiger partial charge in [0.05, 0.1) is 24.9 Å². The first-order chi connectivity index (χ1) is 26.0. The number of amides is 3. The Morgan fingerprint density at radius 2 is 1.82 bits per heavy atom. The Balaban J connectivity index is 1.21. The first kappa shape index (κ1) is 38.8. The zero-order chi connectivity index (χ0) is 39.6. The highest BCUT2D eigenvalue weighted by atomic mass is 35.5. The van der Waals surface area contributed by atoms with Crippen LogP contribution in [0.4, 0.5) is 4.79 Å². The number of carboxylic acid groups (broad SMARTS) is 1. The summed E-state index contributed by atoms with van der Waals surface area (Å²) in [4.78, 5) is 65.4. The maximum absolute atomic E-state index is 14.6. The third kappa shape index (κ3) is 7.59. The van der Waals surface area contributed by atoms with Crippen molar-refractivity contribution in [1.29, 1.82) is 0 Å². The molecule has 3 aromatic rings. The van der Waals surface area contributed by atoms with Crippen molar-refractivity contribution < 1.29 is 38.5 Å². The van der Waals surface area contributed by atoms with Crippen LogP contribution in [-0.2, 0) is 19.1 Å². The molecule has 4 unspecified atom stereocenters. The summed E-state index contributed by atoms with van der Waals surface area (Å²) >= 11 is 8.25. The number of rotatable bonds is 12. The molecule has 13 nitrogen and oxygen atoms in total. The Hall–Kier alpha value is -4.43. The van der Waals surface area contributed by atoms with Gasteiger partial charge in [0.15, 0.2) is 0 Å². The molecule has 0 bridgehead atoms. The smallest absolute Gasteiger partial charge is 0.408 e. The number of aromatic nitrogens is 2. The third-order valence-electron chi connectivity index (χ3n) is 11.4. The van der Waals surface area contributed by atoms with Crippen LogP contribution in [0.1, 0.15) is 78.3 Å². The molecule has 8 atom stereocenters. The summed E-state index contributed by atoms with van der Waals surface area (Å²) in [5.74, 6) is -0.546. The Kier molecular flexibility index (Phi) is 10.3. The van der Waals surface area contributed by atoms with Crippen LogP contribution in [0, 0.1) is 23.2 Å². The molecule has 55 heavy (non-hydrogen) atoms. The standard InChI is InChI=1S/C40H48ClN5O8S/c1-8-22-16-40(22,37(49)50)45-34(47)28-14-24(17-46(28)36(48)33(39(4,5)6)44-38(51)54-23-12-20-11-21(20)13-23)53-30-15-26(35-43-27(18-55-35)19(2)3)42-32-25(30)9-10-29(52-7)31(32)41/h8-10,15,18-24,28,33H,1,11-14,16-17H2,2-7H3,(H,44,51)(H,45,47)(H,49,50)/t20-,21+,22?,23?,24-,28?,33?,40-/m1/s1. The summed E-state index contributed by atoms with van der Waals surface area (Å²) in [7, 11) is 1.52. The van der Waals surface area contributed by atoms with Crippen LogP contribution in [0.15, 0.2) is 36.2 Å². The van der Waals surface area contributed by atoms with Crippen LogP contribution in [0.25, 0.3) is 21.6 Å². The van der Waals surface area contributed by atoms with E-state index < -0.39 is 58.9 Å². The van der Waals surface area contributed by atoms with E-state index in [1.807, 2.05) is 26.2 Å². The maximum atomic E-state index is 14.6. The topological polar surface area (TPSA) is 169 Å². The Morgan fingerprint density at radius 1 is 1.09 bits per heavy atom. The van der Waals surface area contributed by atoms with Gasteiger partial charge >= 0.3 is 12.1 Å². The predicted octanol–water partition coefficient (Wildman–Crippen LogP) is 6.58. The number of thiazole rings is 1. The van der Waals surface area contributed by atoms with Crippen molar-refractivity contribution in [2.45, 2.75) is 102 Å². The fourth-order valence-corrected chi connectivity index (χ4v) is 9.21. The normalized spacial score (nSPS) is 27.3. The molecule has 15 heteroatoms. The van der Waals surface area contributed by atoms with Gasteiger partial charge in [-0.25, -0.2) is 19.6 Å². The monoisotopic (exact) mass is 793 g/mol. The molecule has 1 saturated heterocycles. The van der Waals surface area contributed by atoms with Crippen LogP contribution < -0.4 is 20.1 Å². The lowest BCUT2D eigenvalue weighted by molar-refractivity contribution is -0.146. The number of nitrogens with zero attached hydrogens (tertiary/aromatic N) is 3. The molecule has 1 aliphatic heterocycles. The van der Waals surface area contributed by atoms with Gasteiger partial charge < -0.3 is 34.9 Å². The van der Waals surface area contributed by atoms with Crippen molar-refractivity contribution in [3.8, 4) is 22.2 Å². The fourth-order valence-electron chi connectivity index (χ4n) is 7.99. The summed E-state index contributed by atoms with van der Waals surface area (Å²) in [5, 5.41) is 19.2. The maximum Gasteiger partial charge on any atom is 0.408 e. The molecule has 3 saturated carbocycles. The zero-order valence-electron chi connectivity index (χ0n) is 31.9. The number of fused-ring (bicyclic) bond motifs is 2. The van der Waals surface area contributed by atoms with Gasteiger partial charge in [-0.2, -0.15) is 0 Å². The quantitative estimate of drug-likeness (QED) is 0.170. The van der Waals surface area contributed by atoms with Gasteiger partial charge in [0, 0.05) is 29.2 Å². The average Bonchev–Trinajstić information content (AvgIpc) is 3.77. The number of alkyl carbamates (subject to hydrolysis) is 1. The number of aliphatic carboxylic acids is 1. The number of methoxy groups -OCH3 is 1. The van der Waals surface area contributed by atoms with Crippen molar-refractivity contribution >= 4 is 57.7 Å². The number of pyridine rings is 1. The second kappa shape index (κ2) is 14.6. The van der Waals surface area contributed by atoms with Gasteiger partial charge in [-0.15, -0.1) is 17.9 Å². The predicted molar refractivity (Wildman–Crippen MR) is 207 cm³/mol. The molecule has 294 valence electrons. The minimum absolute atomic E-state index is 0.0328. The Bertz CT molecular complexity index is 2040. The Labute approximate surface area is 329 Å². The van der Waals surface area contributed by atoms with Gasteiger partial charge in [-0.3, -0.25) is 9.59 Å². The lowest BCUT2D eigenvalue weighted by Gasteiger charge is -2.35. The van der Waals surface area contributed by atoms with Crippen molar-refractivity contribution in [2.24, 2.45) is 23.2 Å². The van der Waals surface area contributed by atoms with E-state index in [1.165, 1.54) is 35.8 Å². The number of halogens is 1. The molecule has 0 spiro atoms. The highest BCUT2D eigenvalue weighted by Gasteiger charge is 2.61. The van der Waals surface area contributed by atoms with E-state index in [2.05, 4.69) is 31.1 Å². The fraction of sp³-hybridized carbons (Fsp3) is 0.550. The first-order valence-electron chi connectivity index (χ1n) is 18.8. The molecular weight excluding hydrogens is 746 g/mol. The molecule has 3 heterocycles. The molecule has 0 radical (unpaired) electrons. The minimum Gasteiger partial charge on any atom is -0.495 e. The van der Waals surface area contributed by atoms with Crippen LogP contribution in [0.5, 0.6) is 11.5 Å². The van der Waals surface area contributed by atoms with Crippen molar-refractivity contribution in [3.05, 3.63) is 47.0 Å². The number of carbonyl (C=O) groups is 4. The second-order valence-electron chi connectivity index (χ2n) is 16.7. The van der Waals surface area contributed by atoms with Gasteiger partial charge in [-0.1, -0.05) is 52.3 Å². The van der Waals surface area contributed by atoms with Gasteiger partial charge in [0.2, 0.25) is 11.8 Å². The number of carboxylic acids is 1. The molecule has 7 rings (SSSR count). The van der Waals surface area contributed by atoms with E-state index >= 15 is 0 Å². The highest BCUT2D eigenvalue weighted by molar-refractivity contribution is 7.13. The van der Waals surface area contributed by atoms with Crippen LogP contribution in [0.3, 0.4) is 0 Å². The number of benzene rings is 1. The number of hydrogen-bond acceptors (Lipinski definition) is 10. The Morgan fingerprint density at radius 3 is 2.42 bits per heavy atom. The van der Waals surface area contributed by atoms with Crippen molar-refractivity contribution in [3.63, 3.8) is 0 Å². The van der Waals surface area contributed by atoms with E-state index in [-0.39, 0.29) is 36.4 Å². The molecular formula is C40H48ClN5O8S. The summed E-state index contributed by atoms with van der Waals surface area (Å²) in [6.45, 7) is 13.3. The average molecular weight is 794 g/mol. The van der Waals surface area contributed by atoms with E-state index in [1.54, 1.807) is 18.2 Å². The number of likely N-dealkylation sites (tertiary alicyclic amines) is 1. The summed E-state index contributed by atoms with van der Waals surface area (Å²) in [6, 6.07) is 3.08. The van der Waals surface area contributed by atoms with Crippen LogP contribution in [-0.4, -0.2) is 87.3 Å². The van der Waals surface area contributed by atoms with E-state index in [0.29, 0.717) is 44.9 Å². The third-order valence-corrected chi connectivity index (χ3v) is 12.7. The highest BCUT2D eigenvalue weighted by Crippen LogP contribution is 2.52. The molecule has 3 N–H and O–H groups in total. The molecule has 3 aliphatic carbocycles. The van der Waals surface area contributed by atoms with Crippen LogP contribution >= 0.6 is 22.9 Å². The number of hydrogen-bond donors (Lipinski definition) is 3. The lowest BCUT2D eigenvalue weighted by Crippen LogP contribution is -2.59. The molecule has 3 amide bonds. The zero-order valence-corrected chi connectivity index (χ0v) is 33.5. The van der Waals surface area contributed by atoms with Gasteiger partial charge in [0.1, 0.15) is 57.1 Å². The van der Waals surface area contributed by atoms with Gasteiger partial charge in [0.25, 0.3) is 0 Å². The summed E-state index contributed by atoms with van der Waals surface area (Å²) in [6.07, 6.45) is 2.94. The van der Waals surface area contributed by atoms with Gasteiger partial charge in [-0.05, 0) is 61.0 Å². The molecule has 1 aromatic carbocycles. The largest absolute Gasteiger partial charge is 0.495 e. The first-order valence-corrected chi connectivity index (χ1v) is 20.0. The number of ether oxygens (including phenoxy) is 3. The minimum atomic E-state index is -1.52. The SMILES string of the molecule is C=CC1C[C@]1(NC(=O)C1C[C@@H](Oc2cc(-c3nc(C(C)C)cs3)nc3c(Cl)c(OC)ccc23)CN1C(=O)C(NC(=O)OC1C[C@@H]2C[C@@H]2C1)C(C)(C)C)C(=O)O. The molecule has 2 aromatic heterocycles. The summed E-state index contributed by atoms with van der Waals surface area (Å²) in [5.41, 5.74) is -0.432. The van der Waals surface area contributed by atoms with E-state index in [9.17, 15) is 24.3 Å². The van der Waals surface area contributed by atoms with Crippen molar-refractivity contribution in [1.82, 2.24) is 25.5 Å². The lowest BCUT2D eigenvalue weighted by atomic mass is 9.85. The van der Waals surface area contributed by atoms with Crippen molar-refractivity contribution in [2.75, 3.05) is 13.7 Å². The van der Waals surface area contributed by atoms with E-state index in [0.717, 1.165) is 18.5 Å². The number of carbonyl (C=O) groups excluding carboxylic acids is 3. The molecule has 4 aliphatic rings. The van der Waals surface area contributed by atoms with E-state index in [4.69, 9.17) is 35.8 Å². The second-order valence-corrected chi connectivity index (χ2v) is 17.9. The number of nitrogens with one attached hydrogen (secondary N) is 2.